The van der Waals surface area contributed by atoms with Gasteiger partial charge in [-0.3, -0.25) is 0 Å². The third kappa shape index (κ3) is 3.55. The summed E-state index contributed by atoms with van der Waals surface area (Å²) < 4.78 is 1.21. The van der Waals surface area contributed by atoms with Crippen LogP contribution in [0.5, 0.6) is 0 Å². The van der Waals surface area contributed by atoms with Gasteiger partial charge in [-0.05, 0) is 53.7 Å². The second-order valence-electron chi connectivity index (χ2n) is 4.20. The molecule has 1 heterocycles. The highest BCUT2D eigenvalue weighted by Crippen LogP contribution is 2.23. The van der Waals surface area contributed by atoms with Gasteiger partial charge >= 0.3 is 0 Å². The third-order valence-electron chi connectivity index (χ3n) is 2.97. The standard InChI is InChI=1S/C11H17BrN2S/c12-11-6-5-10(15-11)7-14-9-3-1-8(13)2-4-9/h5-6,8-9,14H,1-4,7,13H2. The van der Waals surface area contributed by atoms with Crippen LogP contribution in [-0.2, 0) is 6.54 Å². The largest absolute Gasteiger partial charge is 0.328 e. The summed E-state index contributed by atoms with van der Waals surface area (Å²) in [4.78, 5) is 1.40. The van der Waals surface area contributed by atoms with E-state index in [1.165, 1.54) is 34.3 Å². The van der Waals surface area contributed by atoms with Gasteiger partial charge in [0.25, 0.3) is 0 Å². The minimum Gasteiger partial charge on any atom is -0.328 e. The van der Waals surface area contributed by atoms with Gasteiger partial charge in [-0.2, -0.15) is 0 Å². The van der Waals surface area contributed by atoms with Crippen LogP contribution in [0.25, 0.3) is 0 Å². The highest BCUT2D eigenvalue weighted by molar-refractivity contribution is 9.11. The normalized spacial score (nSPS) is 26.8. The summed E-state index contributed by atoms with van der Waals surface area (Å²) in [5.41, 5.74) is 5.88. The number of nitrogens with two attached hydrogens (primary N) is 1. The van der Waals surface area contributed by atoms with E-state index in [-0.39, 0.29) is 0 Å². The molecule has 2 nitrogen and oxygen atoms in total. The van der Waals surface area contributed by atoms with E-state index in [2.05, 4.69) is 33.4 Å². The van der Waals surface area contributed by atoms with Crippen molar-refractivity contribution in [2.24, 2.45) is 5.73 Å². The molecule has 0 radical (unpaired) electrons. The molecule has 1 aromatic heterocycles. The molecule has 1 fully saturated rings. The van der Waals surface area contributed by atoms with Crippen LogP contribution in [0.4, 0.5) is 0 Å². The smallest absolute Gasteiger partial charge is 0.0701 e. The molecule has 1 aliphatic rings. The van der Waals surface area contributed by atoms with Crippen molar-refractivity contribution in [2.75, 3.05) is 0 Å². The van der Waals surface area contributed by atoms with Crippen molar-refractivity contribution >= 4 is 27.3 Å². The monoisotopic (exact) mass is 288 g/mol. The Balaban J connectivity index is 1.74. The summed E-state index contributed by atoms with van der Waals surface area (Å²) in [5.74, 6) is 0. The lowest BCUT2D eigenvalue weighted by molar-refractivity contribution is 0.342. The Morgan fingerprint density at radius 1 is 1.33 bits per heavy atom. The highest BCUT2D eigenvalue weighted by atomic mass is 79.9. The molecule has 15 heavy (non-hydrogen) atoms. The average Bonchev–Trinajstić information content (AvgIpc) is 2.64. The van der Waals surface area contributed by atoms with Crippen molar-refractivity contribution in [1.29, 1.82) is 0 Å². The lowest BCUT2D eigenvalue weighted by Crippen LogP contribution is -2.36. The van der Waals surface area contributed by atoms with Gasteiger partial charge < -0.3 is 11.1 Å². The lowest BCUT2D eigenvalue weighted by Gasteiger charge is -2.26. The zero-order valence-electron chi connectivity index (χ0n) is 8.71. The Morgan fingerprint density at radius 2 is 2.07 bits per heavy atom. The van der Waals surface area contributed by atoms with Crippen LogP contribution in [0.3, 0.4) is 0 Å². The quantitative estimate of drug-likeness (QED) is 0.898. The van der Waals surface area contributed by atoms with Gasteiger partial charge in [0.05, 0.1) is 3.79 Å². The third-order valence-corrected chi connectivity index (χ3v) is 4.59. The first-order valence-corrected chi connectivity index (χ1v) is 7.08. The summed E-state index contributed by atoms with van der Waals surface area (Å²) in [6.45, 7) is 0.996. The Hall–Kier alpha value is 0.1000. The van der Waals surface area contributed by atoms with E-state index in [4.69, 9.17) is 5.73 Å². The predicted molar refractivity (Wildman–Crippen MR) is 69.1 cm³/mol. The zero-order chi connectivity index (χ0) is 10.7. The fourth-order valence-corrected chi connectivity index (χ4v) is 3.45. The van der Waals surface area contributed by atoms with E-state index in [9.17, 15) is 0 Å². The van der Waals surface area contributed by atoms with Crippen molar-refractivity contribution in [2.45, 2.75) is 44.3 Å². The fraction of sp³-hybridized carbons (Fsp3) is 0.636. The van der Waals surface area contributed by atoms with Gasteiger partial charge in [-0.1, -0.05) is 0 Å². The molecule has 4 heteroatoms. The number of halogens is 1. The van der Waals surface area contributed by atoms with Gasteiger partial charge in [0.1, 0.15) is 0 Å². The average molecular weight is 289 g/mol. The summed E-state index contributed by atoms with van der Waals surface area (Å²) in [7, 11) is 0. The van der Waals surface area contributed by atoms with E-state index >= 15 is 0 Å². The van der Waals surface area contributed by atoms with Gasteiger partial charge in [-0.15, -0.1) is 11.3 Å². The molecule has 0 aliphatic heterocycles. The topological polar surface area (TPSA) is 38.0 Å². The van der Waals surface area contributed by atoms with E-state index in [0.29, 0.717) is 12.1 Å². The summed E-state index contributed by atoms with van der Waals surface area (Å²) in [5, 5.41) is 3.61. The minimum atomic E-state index is 0.443. The minimum absolute atomic E-state index is 0.443. The Kier molecular flexibility index (Phi) is 4.20. The maximum absolute atomic E-state index is 5.88. The van der Waals surface area contributed by atoms with Gasteiger partial charge in [0, 0.05) is 23.5 Å². The van der Waals surface area contributed by atoms with Gasteiger partial charge in [-0.25, -0.2) is 0 Å². The van der Waals surface area contributed by atoms with E-state index in [1.54, 1.807) is 11.3 Å². The maximum Gasteiger partial charge on any atom is 0.0701 e. The molecule has 3 N–H and O–H groups in total. The number of hydrogen-bond acceptors (Lipinski definition) is 3. The second kappa shape index (κ2) is 5.43. The van der Waals surface area contributed by atoms with Crippen LogP contribution >= 0.6 is 27.3 Å². The molecule has 0 saturated heterocycles. The van der Waals surface area contributed by atoms with Crippen molar-refractivity contribution < 1.29 is 0 Å². The van der Waals surface area contributed by atoms with Crippen LogP contribution in [0.2, 0.25) is 0 Å². The molecule has 0 amide bonds. The molecule has 0 aromatic carbocycles. The van der Waals surface area contributed by atoms with Gasteiger partial charge in [0.2, 0.25) is 0 Å². The zero-order valence-corrected chi connectivity index (χ0v) is 11.1. The number of hydrogen-bond donors (Lipinski definition) is 2. The number of rotatable bonds is 3. The van der Waals surface area contributed by atoms with E-state index in [0.717, 1.165) is 6.54 Å². The summed E-state index contributed by atoms with van der Waals surface area (Å²) in [6.07, 6.45) is 4.80. The fourth-order valence-electron chi connectivity index (χ4n) is 2.02. The van der Waals surface area contributed by atoms with E-state index < -0.39 is 0 Å². The molecule has 0 spiro atoms. The first-order chi connectivity index (χ1) is 7.24. The first-order valence-electron chi connectivity index (χ1n) is 5.47. The molecular formula is C11H17BrN2S. The molecule has 1 aromatic rings. The van der Waals surface area contributed by atoms with Crippen LogP contribution in [0.15, 0.2) is 15.9 Å². The van der Waals surface area contributed by atoms with E-state index in [1.807, 2.05) is 0 Å². The van der Waals surface area contributed by atoms with Crippen LogP contribution < -0.4 is 11.1 Å². The molecule has 84 valence electrons. The molecule has 0 bridgehead atoms. The molecule has 2 rings (SSSR count). The molecular weight excluding hydrogens is 272 g/mol. The van der Waals surface area contributed by atoms with Crippen LogP contribution in [0, 0.1) is 0 Å². The van der Waals surface area contributed by atoms with Crippen LogP contribution in [0.1, 0.15) is 30.6 Å². The molecule has 1 saturated carbocycles. The maximum atomic E-state index is 5.88. The Labute approximate surface area is 103 Å². The summed E-state index contributed by atoms with van der Waals surface area (Å²) in [6, 6.07) is 5.40. The van der Waals surface area contributed by atoms with Crippen molar-refractivity contribution in [1.82, 2.24) is 5.32 Å². The molecule has 0 atom stereocenters. The molecule has 1 aliphatic carbocycles. The Morgan fingerprint density at radius 3 is 2.67 bits per heavy atom. The first kappa shape index (κ1) is 11.6. The highest BCUT2D eigenvalue weighted by Gasteiger charge is 2.17. The van der Waals surface area contributed by atoms with Crippen molar-refractivity contribution in [3.05, 3.63) is 20.8 Å². The van der Waals surface area contributed by atoms with Crippen LogP contribution in [-0.4, -0.2) is 12.1 Å². The SMILES string of the molecule is NC1CCC(NCc2ccc(Br)s2)CC1. The number of nitrogens with one attached hydrogen (secondary N) is 1. The predicted octanol–water partition coefficient (Wildman–Crippen LogP) is 2.87. The lowest BCUT2D eigenvalue weighted by atomic mass is 9.92. The van der Waals surface area contributed by atoms with Crippen molar-refractivity contribution in [3.63, 3.8) is 0 Å². The second-order valence-corrected chi connectivity index (χ2v) is 6.75. The number of thiophene rings is 1. The Bertz CT molecular complexity index is 305. The molecule has 0 unspecified atom stereocenters. The van der Waals surface area contributed by atoms with Crippen molar-refractivity contribution in [3.8, 4) is 0 Å². The van der Waals surface area contributed by atoms with Gasteiger partial charge in [0.15, 0.2) is 0 Å². The summed E-state index contributed by atoms with van der Waals surface area (Å²) >= 11 is 5.29.